The Bertz CT molecular complexity index is 764. The maximum absolute atomic E-state index is 12.4. The zero-order valence-corrected chi connectivity index (χ0v) is 13.4. The van der Waals surface area contributed by atoms with Crippen molar-refractivity contribution in [3.05, 3.63) is 69.7 Å². The molecule has 1 aliphatic heterocycles. The summed E-state index contributed by atoms with van der Waals surface area (Å²) in [5.74, 6) is -0.745. The van der Waals surface area contributed by atoms with Gasteiger partial charge in [0, 0.05) is 4.47 Å². The third-order valence-electron chi connectivity index (χ3n) is 3.36. The van der Waals surface area contributed by atoms with Gasteiger partial charge in [0.15, 0.2) is 0 Å². The van der Waals surface area contributed by atoms with E-state index in [1.54, 1.807) is 18.2 Å². The van der Waals surface area contributed by atoms with Crippen LogP contribution in [0, 0.1) is 6.92 Å². The second kappa shape index (κ2) is 5.77. The number of hydrogen-bond acceptors (Lipinski definition) is 2. The van der Waals surface area contributed by atoms with Gasteiger partial charge >= 0.3 is 0 Å². The first-order valence-corrected chi connectivity index (χ1v) is 7.53. The van der Waals surface area contributed by atoms with Gasteiger partial charge in [0.25, 0.3) is 11.8 Å². The fourth-order valence-corrected chi connectivity index (χ4v) is 2.42. The van der Waals surface area contributed by atoms with Gasteiger partial charge in [0.1, 0.15) is 5.57 Å². The van der Waals surface area contributed by atoms with Crippen LogP contribution in [-0.4, -0.2) is 11.8 Å². The van der Waals surface area contributed by atoms with E-state index in [4.69, 9.17) is 0 Å². The lowest BCUT2D eigenvalue weighted by atomic mass is 10.1. The molecule has 0 aromatic heterocycles. The van der Waals surface area contributed by atoms with E-state index < -0.39 is 5.91 Å². The van der Waals surface area contributed by atoms with Crippen LogP contribution in [-0.2, 0) is 9.59 Å². The molecule has 2 amide bonds. The first-order valence-electron chi connectivity index (χ1n) is 6.74. The molecule has 1 fully saturated rings. The van der Waals surface area contributed by atoms with E-state index in [0.717, 1.165) is 15.6 Å². The van der Waals surface area contributed by atoms with E-state index in [1.807, 2.05) is 43.3 Å². The van der Waals surface area contributed by atoms with Crippen molar-refractivity contribution in [1.82, 2.24) is 5.43 Å². The average Bonchev–Trinajstić information content (AvgIpc) is 2.78. The van der Waals surface area contributed by atoms with E-state index in [1.165, 1.54) is 5.01 Å². The minimum atomic E-state index is -0.395. The molecule has 0 spiro atoms. The Morgan fingerprint density at radius 1 is 1.00 bits per heavy atom. The number of hydrogen-bond donors (Lipinski definition) is 1. The van der Waals surface area contributed by atoms with Gasteiger partial charge in [-0.05, 0) is 42.8 Å². The van der Waals surface area contributed by atoms with Crippen LogP contribution in [0.5, 0.6) is 0 Å². The van der Waals surface area contributed by atoms with Gasteiger partial charge in [0.05, 0.1) is 5.69 Å². The van der Waals surface area contributed by atoms with Crippen molar-refractivity contribution in [2.24, 2.45) is 0 Å². The molecule has 0 aliphatic carbocycles. The van der Waals surface area contributed by atoms with Gasteiger partial charge in [-0.2, -0.15) is 0 Å². The molecule has 2 aromatic rings. The summed E-state index contributed by atoms with van der Waals surface area (Å²) in [5, 5.41) is 1.27. The van der Waals surface area contributed by atoms with Gasteiger partial charge in [-0.15, -0.1) is 0 Å². The Labute approximate surface area is 136 Å². The molecule has 3 rings (SSSR count). The van der Waals surface area contributed by atoms with E-state index in [0.29, 0.717) is 5.69 Å². The zero-order chi connectivity index (χ0) is 15.7. The lowest BCUT2D eigenvalue weighted by Gasteiger charge is -2.14. The molecule has 2 aromatic carbocycles. The van der Waals surface area contributed by atoms with Crippen molar-refractivity contribution in [2.45, 2.75) is 6.92 Å². The molecular weight excluding hydrogens is 344 g/mol. The number of rotatable bonds is 2. The Morgan fingerprint density at radius 2 is 1.64 bits per heavy atom. The molecule has 0 atom stereocenters. The number of benzene rings is 2. The molecule has 22 heavy (non-hydrogen) atoms. The molecule has 5 heteroatoms. The highest BCUT2D eigenvalue weighted by Crippen LogP contribution is 2.22. The highest BCUT2D eigenvalue weighted by Gasteiger charge is 2.34. The molecule has 0 radical (unpaired) electrons. The van der Waals surface area contributed by atoms with Crippen LogP contribution in [0.25, 0.3) is 6.08 Å². The van der Waals surface area contributed by atoms with Crippen LogP contribution in [0.15, 0.2) is 58.6 Å². The third kappa shape index (κ3) is 2.80. The predicted molar refractivity (Wildman–Crippen MR) is 88.9 cm³/mol. The van der Waals surface area contributed by atoms with Gasteiger partial charge in [-0.1, -0.05) is 45.8 Å². The van der Waals surface area contributed by atoms with E-state index in [-0.39, 0.29) is 11.5 Å². The number of nitrogens with zero attached hydrogens (tertiary/aromatic N) is 1. The number of carbonyl (C=O) groups excluding carboxylic acids is 2. The largest absolute Gasteiger partial charge is 0.282 e. The molecule has 0 bridgehead atoms. The lowest BCUT2D eigenvalue weighted by molar-refractivity contribution is -0.117. The topological polar surface area (TPSA) is 49.4 Å². The fourth-order valence-electron chi connectivity index (χ4n) is 2.16. The summed E-state index contributed by atoms with van der Waals surface area (Å²) < 4.78 is 0.943. The van der Waals surface area contributed by atoms with E-state index in [9.17, 15) is 9.59 Å². The quantitative estimate of drug-likeness (QED) is 0.663. The van der Waals surface area contributed by atoms with Crippen molar-refractivity contribution < 1.29 is 9.59 Å². The van der Waals surface area contributed by atoms with Crippen molar-refractivity contribution in [3.8, 4) is 0 Å². The summed E-state index contributed by atoms with van der Waals surface area (Å²) in [6, 6.07) is 14.8. The van der Waals surface area contributed by atoms with Crippen molar-refractivity contribution in [2.75, 3.05) is 5.01 Å². The number of carbonyl (C=O) groups is 2. The SMILES string of the molecule is Cc1ccc(N2NC(=O)/C(=C\c3ccc(Br)cc3)C2=O)cc1. The Kier molecular flexibility index (Phi) is 3.81. The second-order valence-electron chi connectivity index (χ2n) is 5.03. The number of anilines is 1. The Hall–Kier alpha value is -2.40. The number of amides is 2. The van der Waals surface area contributed by atoms with Crippen LogP contribution in [0.3, 0.4) is 0 Å². The molecule has 4 nitrogen and oxygen atoms in total. The number of aryl methyl sites for hydroxylation is 1. The first kappa shape index (κ1) is 14.5. The van der Waals surface area contributed by atoms with Crippen molar-refractivity contribution in [1.29, 1.82) is 0 Å². The van der Waals surface area contributed by atoms with Crippen LogP contribution in [0.4, 0.5) is 5.69 Å². The van der Waals surface area contributed by atoms with E-state index >= 15 is 0 Å². The molecule has 1 heterocycles. The molecule has 1 N–H and O–H groups in total. The predicted octanol–water partition coefficient (Wildman–Crippen LogP) is 3.22. The first-order chi connectivity index (χ1) is 10.5. The van der Waals surface area contributed by atoms with Crippen LogP contribution >= 0.6 is 15.9 Å². The summed E-state index contributed by atoms with van der Waals surface area (Å²) in [6.45, 7) is 1.97. The zero-order valence-electron chi connectivity index (χ0n) is 11.8. The number of nitrogens with one attached hydrogen (secondary N) is 1. The van der Waals surface area contributed by atoms with Crippen molar-refractivity contribution in [3.63, 3.8) is 0 Å². The summed E-state index contributed by atoms with van der Waals surface area (Å²) in [6.07, 6.45) is 1.60. The number of hydrazine groups is 1. The maximum Gasteiger partial charge on any atom is 0.282 e. The molecule has 110 valence electrons. The van der Waals surface area contributed by atoms with Gasteiger partial charge in [-0.3, -0.25) is 15.0 Å². The summed E-state index contributed by atoms with van der Waals surface area (Å²) in [5.41, 5.74) is 5.25. The monoisotopic (exact) mass is 356 g/mol. The highest BCUT2D eigenvalue weighted by atomic mass is 79.9. The normalized spacial score (nSPS) is 16.3. The van der Waals surface area contributed by atoms with Crippen LogP contribution in [0.2, 0.25) is 0 Å². The third-order valence-corrected chi connectivity index (χ3v) is 3.89. The Balaban J connectivity index is 1.91. The van der Waals surface area contributed by atoms with Crippen LogP contribution < -0.4 is 10.4 Å². The van der Waals surface area contributed by atoms with Gasteiger partial charge in [0.2, 0.25) is 0 Å². The molecule has 0 unspecified atom stereocenters. The lowest BCUT2D eigenvalue weighted by Crippen LogP contribution is -2.35. The fraction of sp³-hybridized carbons (Fsp3) is 0.0588. The Morgan fingerprint density at radius 3 is 2.27 bits per heavy atom. The van der Waals surface area contributed by atoms with Crippen molar-refractivity contribution >= 4 is 39.5 Å². The molecule has 1 aliphatic rings. The highest BCUT2D eigenvalue weighted by molar-refractivity contribution is 9.10. The van der Waals surface area contributed by atoms with E-state index in [2.05, 4.69) is 21.4 Å². The minimum absolute atomic E-state index is 0.128. The maximum atomic E-state index is 12.4. The smallest absolute Gasteiger partial charge is 0.267 e. The standard InChI is InChI=1S/C17H13BrN2O2/c1-11-2-8-14(9-3-11)20-17(22)15(16(21)19-20)10-12-4-6-13(18)7-5-12/h2-10H,1H3,(H,19,21)/b15-10+. The summed E-state index contributed by atoms with van der Waals surface area (Å²) >= 11 is 3.35. The second-order valence-corrected chi connectivity index (χ2v) is 5.94. The molecule has 1 saturated heterocycles. The van der Waals surface area contributed by atoms with Gasteiger partial charge in [-0.25, -0.2) is 5.01 Å². The minimum Gasteiger partial charge on any atom is -0.267 e. The number of halogens is 1. The van der Waals surface area contributed by atoms with Crippen LogP contribution in [0.1, 0.15) is 11.1 Å². The molecular formula is C17H13BrN2O2. The molecule has 0 saturated carbocycles. The summed E-state index contributed by atoms with van der Waals surface area (Å²) in [4.78, 5) is 24.5. The summed E-state index contributed by atoms with van der Waals surface area (Å²) in [7, 11) is 0. The van der Waals surface area contributed by atoms with Gasteiger partial charge < -0.3 is 0 Å². The average molecular weight is 357 g/mol.